The first-order valence-electron chi connectivity index (χ1n) is 7.57. The molecule has 0 fully saturated rings. The number of Topliss-reactive ketones (excluding diaryl/α,β-unsaturated/α-hetero) is 1. The molecule has 2 heterocycles. The number of aryl methyl sites for hydroxylation is 1. The summed E-state index contributed by atoms with van der Waals surface area (Å²) in [6.45, 7) is 1.58. The van der Waals surface area contributed by atoms with Gasteiger partial charge in [0.1, 0.15) is 11.8 Å². The van der Waals surface area contributed by atoms with Crippen LogP contribution < -0.4 is 5.32 Å². The van der Waals surface area contributed by atoms with E-state index in [0.717, 1.165) is 15.0 Å². The average Bonchev–Trinajstić information content (AvgIpc) is 3.15. The number of nitrogens with zero attached hydrogens (tertiary/aromatic N) is 1. The first kappa shape index (κ1) is 16.4. The molecular weight excluding hydrogens is 324 g/mol. The lowest BCUT2D eigenvalue weighted by Crippen LogP contribution is -2.29. The molecule has 5 nitrogen and oxygen atoms in total. The monoisotopic (exact) mass is 342 g/mol. The first-order chi connectivity index (χ1) is 11.5. The maximum atomic E-state index is 12.3. The van der Waals surface area contributed by atoms with Gasteiger partial charge in [-0.1, -0.05) is 18.2 Å². The number of ketones is 1. The zero-order chi connectivity index (χ0) is 17.3. The zero-order valence-corrected chi connectivity index (χ0v) is 14.3. The van der Waals surface area contributed by atoms with E-state index in [-0.39, 0.29) is 18.2 Å². The van der Waals surface area contributed by atoms with Crippen LogP contribution in [0.2, 0.25) is 0 Å². The van der Waals surface area contributed by atoms with E-state index in [2.05, 4.69) is 5.32 Å². The van der Waals surface area contributed by atoms with Gasteiger partial charge in [0.05, 0.1) is 0 Å². The van der Waals surface area contributed by atoms with Crippen LogP contribution in [-0.2, 0) is 7.05 Å². The molecule has 0 saturated carbocycles. The number of fused-ring (bicyclic) bond motifs is 1. The Hall–Kier alpha value is -2.44. The Balaban J connectivity index is 1.68. The Morgan fingerprint density at radius 3 is 2.71 bits per heavy atom. The molecule has 2 N–H and O–H groups in total. The van der Waals surface area contributed by atoms with Gasteiger partial charge in [-0.15, -0.1) is 11.3 Å². The number of hydrogen-bond donors (Lipinski definition) is 2. The molecule has 24 heavy (non-hydrogen) atoms. The van der Waals surface area contributed by atoms with Crippen molar-refractivity contribution in [3.63, 3.8) is 0 Å². The predicted octanol–water partition coefficient (Wildman–Crippen LogP) is 2.91. The first-order valence-corrected chi connectivity index (χ1v) is 8.39. The summed E-state index contributed by atoms with van der Waals surface area (Å²) >= 11 is 1.51. The quantitative estimate of drug-likeness (QED) is 0.700. The van der Waals surface area contributed by atoms with Gasteiger partial charge in [-0.25, -0.2) is 0 Å². The van der Waals surface area contributed by atoms with Crippen LogP contribution >= 0.6 is 11.3 Å². The van der Waals surface area contributed by atoms with Crippen molar-refractivity contribution in [1.82, 2.24) is 9.88 Å². The second kappa shape index (κ2) is 6.59. The zero-order valence-electron chi connectivity index (χ0n) is 13.4. The van der Waals surface area contributed by atoms with Gasteiger partial charge in [0.2, 0.25) is 0 Å². The summed E-state index contributed by atoms with van der Waals surface area (Å²) in [6.07, 6.45) is 0.860. The van der Waals surface area contributed by atoms with E-state index in [1.807, 2.05) is 30.3 Å². The number of aliphatic hydroxyl groups excluding tert-OH is 1. The molecule has 1 amide bonds. The third-order valence-electron chi connectivity index (χ3n) is 3.87. The molecule has 0 spiro atoms. The molecule has 1 atom stereocenters. The average molecular weight is 342 g/mol. The summed E-state index contributed by atoms with van der Waals surface area (Å²) in [5, 5.41) is 14.1. The van der Waals surface area contributed by atoms with Crippen molar-refractivity contribution in [2.24, 2.45) is 7.05 Å². The van der Waals surface area contributed by atoms with Gasteiger partial charge >= 0.3 is 0 Å². The largest absolute Gasteiger partial charge is 0.386 e. The van der Waals surface area contributed by atoms with E-state index in [4.69, 9.17) is 0 Å². The molecule has 124 valence electrons. The van der Waals surface area contributed by atoms with Crippen LogP contribution in [0.3, 0.4) is 0 Å². The fourth-order valence-corrected chi connectivity index (χ4v) is 3.58. The normalized spacial score (nSPS) is 12.3. The SMILES string of the molecule is CC(=O)c1cc(C(=O)NC[C@H](O)c2cc3ccccc3s2)n(C)c1. The Morgan fingerprint density at radius 2 is 2.04 bits per heavy atom. The van der Waals surface area contributed by atoms with Gasteiger partial charge in [0.25, 0.3) is 5.91 Å². The number of rotatable bonds is 5. The van der Waals surface area contributed by atoms with E-state index < -0.39 is 6.10 Å². The Kier molecular flexibility index (Phi) is 4.51. The molecule has 2 aromatic heterocycles. The fourth-order valence-electron chi connectivity index (χ4n) is 2.53. The molecule has 0 aliphatic carbocycles. The minimum absolute atomic E-state index is 0.0880. The Bertz CT molecular complexity index is 877. The highest BCUT2D eigenvalue weighted by Gasteiger charge is 2.16. The molecule has 0 aliphatic heterocycles. The summed E-state index contributed by atoms with van der Waals surface area (Å²) < 4.78 is 2.71. The number of carbonyl (C=O) groups excluding carboxylic acids is 2. The molecule has 0 aliphatic rings. The lowest BCUT2D eigenvalue weighted by Gasteiger charge is -2.10. The lowest BCUT2D eigenvalue weighted by molar-refractivity contribution is 0.0910. The number of benzene rings is 1. The maximum absolute atomic E-state index is 12.3. The van der Waals surface area contributed by atoms with E-state index in [1.54, 1.807) is 23.9 Å². The number of aliphatic hydroxyl groups is 1. The van der Waals surface area contributed by atoms with Crippen molar-refractivity contribution < 1.29 is 14.7 Å². The van der Waals surface area contributed by atoms with Crippen molar-refractivity contribution >= 4 is 33.1 Å². The molecule has 0 saturated heterocycles. The summed E-state index contributed by atoms with van der Waals surface area (Å²) in [5.41, 5.74) is 0.886. The van der Waals surface area contributed by atoms with Gasteiger partial charge in [-0.3, -0.25) is 9.59 Å². The van der Waals surface area contributed by atoms with Crippen molar-refractivity contribution in [1.29, 1.82) is 0 Å². The summed E-state index contributed by atoms with van der Waals surface area (Å²) in [7, 11) is 1.71. The highest BCUT2D eigenvalue weighted by atomic mass is 32.1. The smallest absolute Gasteiger partial charge is 0.268 e. The van der Waals surface area contributed by atoms with Crippen LogP contribution in [0.25, 0.3) is 10.1 Å². The van der Waals surface area contributed by atoms with Gasteiger partial charge in [0, 0.05) is 34.9 Å². The molecule has 6 heteroatoms. The molecular formula is C18H18N2O3S. The predicted molar refractivity (Wildman–Crippen MR) is 94.5 cm³/mol. The number of nitrogens with one attached hydrogen (secondary N) is 1. The molecule has 0 bridgehead atoms. The van der Waals surface area contributed by atoms with Crippen molar-refractivity contribution in [3.05, 3.63) is 58.7 Å². The topological polar surface area (TPSA) is 71.3 Å². The van der Waals surface area contributed by atoms with Gasteiger partial charge in [-0.05, 0) is 30.5 Å². The van der Waals surface area contributed by atoms with Crippen LogP contribution in [0.5, 0.6) is 0 Å². The number of carbonyl (C=O) groups is 2. The highest BCUT2D eigenvalue weighted by molar-refractivity contribution is 7.19. The highest BCUT2D eigenvalue weighted by Crippen LogP contribution is 2.29. The van der Waals surface area contributed by atoms with Crippen molar-refractivity contribution in [2.75, 3.05) is 6.54 Å². The molecule has 0 radical (unpaired) electrons. The van der Waals surface area contributed by atoms with Crippen LogP contribution in [0.15, 0.2) is 42.6 Å². The Morgan fingerprint density at radius 1 is 1.29 bits per heavy atom. The number of aromatic nitrogens is 1. The van der Waals surface area contributed by atoms with Crippen LogP contribution in [0.1, 0.15) is 38.8 Å². The minimum atomic E-state index is -0.765. The third kappa shape index (κ3) is 3.25. The molecule has 1 aromatic carbocycles. The van der Waals surface area contributed by atoms with E-state index in [0.29, 0.717) is 11.3 Å². The lowest BCUT2D eigenvalue weighted by atomic mass is 10.2. The maximum Gasteiger partial charge on any atom is 0.268 e. The number of amides is 1. The van der Waals surface area contributed by atoms with Crippen molar-refractivity contribution in [2.45, 2.75) is 13.0 Å². The second-order valence-electron chi connectivity index (χ2n) is 5.69. The minimum Gasteiger partial charge on any atom is -0.386 e. The van der Waals surface area contributed by atoms with E-state index >= 15 is 0 Å². The molecule has 0 unspecified atom stereocenters. The summed E-state index contributed by atoms with van der Waals surface area (Å²) in [4.78, 5) is 24.5. The molecule has 3 rings (SSSR count). The van der Waals surface area contributed by atoms with Crippen LogP contribution in [0.4, 0.5) is 0 Å². The fraction of sp³-hybridized carbons (Fsp3) is 0.222. The number of hydrogen-bond acceptors (Lipinski definition) is 4. The van der Waals surface area contributed by atoms with Gasteiger partial charge < -0.3 is 15.0 Å². The second-order valence-corrected chi connectivity index (χ2v) is 6.81. The standard InChI is InChI=1S/C18H18N2O3S/c1-11(21)13-7-14(20(2)10-13)18(23)19-9-15(22)17-8-12-5-3-4-6-16(12)24-17/h3-8,10,15,22H,9H2,1-2H3,(H,19,23)/t15-/m0/s1. The van der Waals surface area contributed by atoms with Crippen LogP contribution in [0, 0.1) is 0 Å². The van der Waals surface area contributed by atoms with E-state index in [1.165, 1.54) is 18.3 Å². The van der Waals surface area contributed by atoms with Gasteiger partial charge in [0.15, 0.2) is 5.78 Å². The summed E-state index contributed by atoms with van der Waals surface area (Å²) in [6, 6.07) is 11.4. The number of thiophene rings is 1. The van der Waals surface area contributed by atoms with E-state index in [9.17, 15) is 14.7 Å². The third-order valence-corrected chi connectivity index (χ3v) is 5.09. The van der Waals surface area contributed by atoms with Gasteiger partial charge in [-0.2, -0.15) is 0 Å². The Labute approximate surface area is 143 Å². The molecule has 3 aromatic rings. The van der Waals surface area contributed by atoms with Crippen molar-refractivity contribution in [3.8, 4) is 0 Å². The summed E-state index contributed by atoms with van der Waals surface area (Å²) in [5.74, 6) is -0.403. The van der Waals surface area contributed by atoms with Crippen LogP contribution in [-0.4, -0.2) is 27.9 Å².